The van der Waals surface area contributed by atoms with Gasteiger partial charge in [-0.05, 0) is 24.6 Å². The number of H-pyrrole nitrogens is 1. The Morgan fingerprint density at radius 2 is 1.92 bits per heavy atom. The highest BCUT2D eigenvalue weighted by atomic mass is 32.2. The first-order valence-corrected chi connectivity index (χ1v) is 13.8. The number of hydrogen-bond acceptors (Lipinski definition) is 7. The van der Waals surface area contributed by atoms with E-state index in [1.807, 2.05) is 9.62 Å². The van der Waals surface area contributed by atoms with Gasteiger partial charge in [-0.25, -0.2) is 26.8 Å². The maximum absolute atomic E-state index is 15.2. The Kier molecular flexibility index (Phi) is 6.56. The Hall–Kier alpha value is -4.01. The molecule has 0 spiro atoms. The molecule has 5 rings (SSSR count). The molecule has 3 heterocycles. The molecule has 206 valence electrons. The fourth-order valence-corrected chi connectivity index (χ4v) is 5.49. The van der Waals surface area contributed by atoms with Crippen LogP contribution in [0, 0.1) is 11.6 Å². The van der Waals surface area contributed by atoms with Crippen LogP contribution in [0.5, 0.6) is 0 Å². The van der Waals surface area contributed by atoms with Crippen LogP contribution in [0.25, 0.3) is 22.0 Å². The predicted molar refractivity (Wildman–Crippen MR) is 139 cm³/mol. The summed E-state index contributed by atoms with van der Waals surface area (Å²) in [4.78, 5) is 29.6. The number of anilines is 1. The van der Waals surface area contributed by atoms with Gasteiger partial charge in [-0.3, -0.25) is 14.2 Å². The summed E-state index contributed by atoms with van der Waals surface area (Å²) in [6.07, 6.45) is 2.40. The van der Waals surface area contributed by atoms with E-state index in [4.69, 9.17) is 10.2 Å². The molecular weight excluding hydrogens is 536 g/mol. The fourth-order valence-electron chi connectivity index (χ4n) is 4.94. The molecule has 1 fully saturated rings. The van der Waals surface area contributed by atoms with E-state index in [9.17, 15) is 23.1 Å². The van der Waals surface area contributed by atoms with E-state index in [-0.39, 0.29) is 28.2 Å². The van der Waals surface area contributed by atoms with Crippen LogP contribution in [0.4, 0.5) is 14.5 Å². The topological polar surface area (TPSA) is 164 Å². The van der Waals surface area contributed by atoms with Crippen molar-refractivity contribution in [3.63, 3.8) is 0 Å². The lowest BCUT2D eigenvalue weighted by Crippen LogP contribution is -2.54. The van der Waals surface area contributed by atoms with E-state index in [1.165, 1.54) is 10.6 Å². The van der Waals surface area contributed by atoms with Crippen LogP contribution in [0.15, 0.2) is 45.7 Å². The number of oxazole rings is 1. The molecule has 0 aliphatic carbocycles. The summed E-state index contributed by atoms with van der Waals surface area (Å²) in [5.74, 6) is -3.96. The van der Waals surface area contributed by atoms with Crippen LogP contribution in [-0.4, -0.2) is 59.3 Å². The maximum Gasteiger partial charge on any atom is 0.419 e. The maximum atomic E-state index is 15.2. The molecule has 4 aromatic rings. The Bertz CT molecular complexity index is 1750. The number of halogens is 2. The molecule has 14 heteroatoms. The number of aromatic amines is 1. The summed E-state index contributed by atoms with van der Waals surface area (Å²) in [7, 11) is -3.81. The number of benzene rings is 2. The van der Waals surface area contributed by atoms with Crippen LogP contribution in [-0.2, 0) is 16.6 Å². The highest BCUT2D eigenvalue weighted by Crippen LogP contribution is 2.39. The lowest BCUT2D eigenvalue weighted by atomic mass is 9.97. The number of carboxylic acids is 1. The molecule has 39 heavy (non-hydrogen) atoms. The van der Waals surface area contributed by atoms with Gasteiger partial charge in [0.2, 0.25) is 10.0 Å². The third-order valence-electron chi connectivity index (χ3n) is 6.62. The van der Waals surface area contributed by atoms with Gasteiger partial charge in [-0.2, -0.15) is 0 Å². The number of fused-ring (bicyclic) bond motifs is 1. The second kappa shape index (κ2) is 9.63. The molecule has 1 aliphatic heterocycles. The number of para-hydroxylation sites is 1. The molecule has 5 N–H and O–H groups in total. The monoisotopic (exact) mass is 561 g/mol. The summed E-state index contributed by atoms with van der Waals surface area (Å²) in [6.45, 7) is 3.49. The number of rotatable bonds is 8. The summed E-state index contributed by atoms with van der Waals surface area (Å²) >= 11 is 0. The molecule has 0 bridgehead atoms. The average Bonchev–Trinajstić information content (AvgIpc) is 3.36. The number of likely N-dealkylation sites (tertiary alicyclic amines) is 1. The Labute approximate surface area is 220 Å². The molecule has 0 radical (unpaired) electrons. The largest absolute Gasteiger partial charge is 0.477 e. The number of carbonyl (C=O) groups is 1. The van der Waals surface area contributed by atoms with Gasteiger partial charge >= 0.3 is 11.7 Å². The van der Waals surface area contributed by atoms with Crippen molar-refractivity contribution < 1.29 is 31.5 Å². The van der Waals surface area contributed by atoms with E-state index in [0.29, 0.717) is 31.0 Å². The van der Waals surface area contributed by atoms with Gasteiger partial charge < -0.3 is 20.2 Å². The standard InChI is InChI=1S/C25H25F2N5O6S/c1-12(32-11-15(38-25(32)35)10-31-8-13(28)9-31)16-4-3-5-17-20(23(24(33)34)29-22(16)17)21-18(26)6-14(7-19(21)27)30-39(2,36)37/h3-7,11-13,29-30H,8-10,28H2,1-2H3,(H,33,34). The number of aromatic carboxylic acids is 1. The quantitative estimate of drug-likeness (QED) is 0.255. The molecule has 2 aromatic heterocycles. The second-order valence-electron chi connectivity index (χ2n) is 9.64. The number of hydrogen-bond donors (Lipinski definition) is 4. The van der Waals surface area contributed by atoms with Crippen molar-refractivity contribution in [3.8, 4) is 11.1 Å². The molecule has 1 saturated heterocycles. The van der Waals surface area contributed by atoms with Gasteiger partial charge in [0.15, 0.2) is 0 Å². The molecular formula is C25H25F2N5O6S. The van der Waals surface area contributed by atoms with E-state index >= 15 is 8.78 Å². The minimum absolute atomic E-state index is 0.0858. The Balaban J connectivity index is 1.60. The van der Waals surface area contributed by atoms with E-state index in [2.05, 4.69) is 4.98 Å². The first-order valence-electron chi connectivity index (χ1n) is 11.9. The number of nitrogens with one attached hydrogen (secondary N) is 2. The summed E-state index contributed by atoms with van der Waals surface area (Å²) in [5.41, 5.74) is 4.84. The lowest BCUT2D eigenvalue weighted by molar-refractivity contribution is 0.0692. The Morgan fingerprint density at radius 3 is 2.51 bits per heavy atom. The van der Waals surface area contributed by atoms with Gasteiger partial charge in [0.1, 0.15) is 23.1 Å². The van der Waals surface area contributed by atoms with Crippen LogP contribution >= 0.6 is 0 Å². The van der Waals surface area contributed by atoms with Crippen LogP contribution < -0.4 is 16.2 Å². The van der Waals surface area contributed by atoms with Gasteiger partial charge in [-0.15, -0.1) is 0 Å². The van der Waals surface area contributed by atoms with Crippen molar-refractivity contribution in [2.45, 2.75) is 25.6 Å². The molecule has 1 atom stereocenters. The van der Waals surface area contributed by atoms with Crippen LogP contribution in [0.2, 0.25) is 0 Å². The minimum atomic E-state index is -3.81. The van der Waals surface area contributed by atoms with Crippen molar-refractivity contribution >= 4 is 32.6 Å². The van der Waals surface area contributed by atoms with E-state index in [1.54, 1.807) is 25.3 Å². The van der Waals surface area contributed by atoms with Gasteiger partial charge in [0, 0.05) is 30.1 Å². The van der Waals surface area contributed by atoms with Crippen LogP contribution in [0.1, 0.15) is 34.8 Å². The number of carboxylic acid groups (broad SMARTS) is 1. The van der Waals surface area contributed by atoms with Crippen LogP contribution in [0.3, 0.4) is 0 Å². The molecule has 2 aromatic carbocycles. The first kappa shape index (κ1) is 26.6. The molecule has 1 aliphatic rings. The smallest absolute Gasteiger partial charge is 0.419 e. The minimum Gasteiger partial charge on any atom is -0.477 e. The Morgan fingerprint density at radius 1 is 1.26 bits per heavy atom. The van der Waals surface area contributed by atoms with Crippen molar-refractivity contribution in [2.75, 3.05) is 24.1 Å². The SMILES string of the molecule is CC(c1cccc2c(-c3c(F)cc(NS(C)(=O)=O)cc3F)c(C(=O)O)[nH]c12)n1cc(CN2CC(N)C2)oc1=O. The van der Waals surface area contributed by atoms with E-state index < -0.39 is 50.7 Å². The van der Waals surface area contributed by atoms with Gasteiger partial charge in [0.25, 0.3) is 0 Å². The van der Waals surface area contributed by atoms with Crippen molar-refractivity contribution in [2.24, 2.45) is 5.73 Å². The lowest BCUT2D eigenvalue weighted by Gasteiger charge is -2.35. The van der Waals surface area contributed by atoms with Gasteiger partial charge in [0.05, 0.1) is 41.8 Å². The summed E-state index contributed by atoms with van der Waals surface area (Å²) in [5, 5.41) is 10.1. The molecule has 0 saturated carbocycles. The predicted octanol–water partition coefficient (Wildman–Crippen LogP) is 2.69. The first-order chi connectivity index (χ1) is 18.3. The zero-order valence-electron chi connectivity index (χ0n) is 20.9. The molecule has 0 amide bonds. The highest BCUT2D eigenvalue weighted by Gasteiger charge is 2.28. The third kappa shape index (κ3) is 5.05. The summed E-state index contributed by atoms with van der Waals surface area (Å²) < 4.78 is 62.2. The van der Waals surface area contributed by atoms with Gasteiger partial charge in [-0.1, -0.05) is 18.2 Å². The number of nitrogens with zero attached hydrogens (tertiary/aromatic N) is 2. The molecule has 11 nitrogen and oxygen atoms in total. The zero-order valence-corrected chi connectivity index (χ0v) is 21.7. The van der Waals surface area contributed by atoms with E-state index in [0.717, 1.165) is 18.4 Å². The van der Waals surface area contributed by atoms with Crippen molar-refractivity contribution in [1.82, 2.24) is 14.5 Å². The summed E-state index contributed by atoms with van der Waals surface area (Å²) in [6, 6.07) is 5.74. The zero-order chi connectivity index (χ0) is 28.2. The molecule has 1 unspecified atom stereocenters. The van der Waals surface area contributed by atoms with Crippen molar-refractivity contribution in [3.05, 3.63) is 75.7 Å². The number of sulfonamides is 1. The highest BCUT2D eigenvalue weighted by molar-refractivity contribution is 7.92. The average molecular weight is 562 g/mol. The normalized spacial score (nSPS) is 15.4. The fraction of sp³-hybridized carbons (Fsp3) is 0.280. The van der Waals surface area contributed by atoms with Crippen molar-refractivity contribution in [1.29, 1.82) is 0 Å². The number of nitrogens with two attached hydrogens (primary N) is 1. The third-order valence-corrected chi connectivity index (χ3v) is 7.23. The number of aromatic nitrogens is 2. The second-order valence-corrected chi connectivity index (χ2v) is 11.4.